The summed E-state index contributed by atoms with van der Waals surface area (Å²) in [4.78, 5) is 26.7. The molecular formula is C19H26N2O2. The van der Waals surface area contributed by atoms with Crippen LogP contribution < -0.4 is 5.32 Å². The molecule has 0 radical (unpaired) electrons. The Bertz CT molecular complexity index is 605. The van der Waals surface area contributed by atoms with E-state index in [1.807, 2.05) is 30.0 Å². The third kappa shape index (κ3) is 3.57. The lowest BCUT2D eigenvalue weighted by Gasteiger charge is -2.31. The first kappa shape index (κ1) is 16.0. The lowest BCUT2D eigenvalue weighted by Crippen LogP contribution is -2.38. The summed E-state index contributed by atoms with van der Waals surface area (Å²) in [6, 6.07) is 6.29. The molecule has 2 amide bonds. The fraction of sp³-hybridized carbons (Fsp3) is 0.579. The molecule has 1 aromatic carbocycles. The lowest BCUT2D eigenvalue weighted by molar-refractivity contribution is -0.130. The maximum Gasteiger partial charge on any atom is 0.229 e. The van der Waals surface area contributed by atoms with Crippen molar-refractivity contribution in [3.63, 3.8) is 0 Å². The van der Waals surface area contributed by atoms with Crippen molar-refractivity contribution in [2.24, 2.45) is 5.92 Å². The van der Waals surface area contributed by atoms with Crippen molar-refractivity contribution in [2.75, 3.05) is 11.9 Å². The number of likely N-dealkylation sites (tertiary alicyclic amines) is 1. The lowest BCUT2D eigenvalue weighted by atomic mass is 9.94. The molecule has 124 valence electrons. The second-order valence-corrected chi connectivity index (χ2v) is 7.03. The Morgan fingerprint density at radius 3 is 2.57 bits per heavy atom. The van der Waals surface area contributed by atoms with Crippen LogP contribution in [0.2, 0.25) is 0 Å². The Kier molecular flexibility index (Phi) is 4.69. The quantitative estimate of drug-likeness (QED) is 0.929. The zero-order valence-electron chi connectivity index (χ0n) is 14.1. The van der Waals surface area contributed by atoms with Crippen LogP contribution in [0.5, 0.6) is 0 Å². The number of aryl methyl sites for hydroxylation is 2. The van der Waals surface area contributed by atoms with Gasteiger partial charge in [-0.2, -0.15) is 0 Å². The zero-order chi connectivity index (χ0) is 16.4. The molecular weight excluding hydrogens is 288 g/mol. The summed E-state index contributed by atoms with van der Waals surface area (Å²) in [5, 5.41) is 2.98. The van der Waals surface area contributed by atoms with Gasteiger partial charge in [0, 0.05) is 24.7 Å². The Hall–Kier alpha value is -1.84. The van der Waals surface area contributed by atoms with E-state index in [2.05, 4.69) is 12.2 Å². The standard InChI is InChI=1S/C19H26N2O2/c1-13-8-9-16(10-14(13)2)20-19(23)15-11-18(22)21(12-15)17-6-4-3-5-7-17/h8-10,15,17H,3-7,11-12H2,1-2H3,(H,20,23)/t15-/m0/s1. The minimum Gasteiger partial charge on any atom is -0.339 e. The van der Waals surface area contributed by atoms with Gasteiger partial charge in [0.15, 0.2) is 0 Å². The number of hydrogen-bond donors (Lipinski definition) is 1. The molecule has 4 nitrogen and oxygen atoms in total. The van der Waals surface area contributed by atoms with E-state index in [0.717, 1.165) is 24.1 Å². The van der Waals surface area contributed by atoms with Crippen LogP contribution in [0, 0.1) is 19.8 Å². The summed E-state index contributed by atoms with van der Waals surface area (Å²) in [5.74, 6) is -0.0944. The van der Waals surface area contributed by atoms with Gasteiger partial charge in [0.1, 0.15) is 0 Å². The summed E-state index contributed by atoms with van der Waals surface area (Å²) in [7, 11) is 0. The van der Waals surface area contributed by atoms with Gasteiger partial charge < -0.3 is 10.2 Å². The summed E-state index contributed by atoms with van der Waals surface area (Å²) in [6.45, 7) is 4.67. The molecule has 0 unspecified atom stereocenters. The monoisotopic (exact) mass is 314 g/mol. The van der Waals surface area contributed by atoms with Crippen molar-refractivity contribution in [3.8, 4) is 0 Å². The molecule has 3 rings (SSSR count). The molecule has 4 heteroatoms. The van der Waals surface area contributed by atoms with E-state index in [1.165, 1.54) is 24.8 Å². The molecule has 1 N–H and O–H groups in total. The maximum absolute atomic E-state index is 12.5. The van der Waals surface area contributed by atoms with Crippen molar-refractivity contribution in [3.05, 3.63) is 29.3 Å². The van der Waals surface area contributed by atoms with Crippen LogP contribution >= 0.6 is 0 Å². The number of anilines is 1. The highest BCUT2D eigenvalue weighted by atomic mass is 16.2. The molecule has 1 aliphatic carbocycles. The number of amides is 2. The average Bonchev–Trinajstić information content (AvgIpc) is 2.94. The third-order valence-corrected chi connectivity index (χ3v) is 5.32. The van der Waals surface area contributed by atoms with E-state index >= 15 is 0 Å². The fourth-order valence-electron chi connectivity index (χ4n) is 3.72. The smallest absolute Gasteiger partial charge is 0.229 e. The van der Waals surface area contributed by atoms with Gasteiger partial charge >= 0.3 is 0 Å². The topological polar surface area (TPSA) is 49.4 Å². The van der Waals surface area contributed by atoms with Gasteiger partial charge in [0.25, 0.3) is 0 Å². The first-order chi connectivity index (χ1) is 11.0. The number of nitrogens with zero attached hydrogens (tertiary/aromatic N) is 1. The molecule has 2 fully saturated rings. The van der Waals surface area contributed by atoms with Crippen molar-refractivity contribution in [1.82, 2.24) is 4.90 Å². The van der Waals surface area contributed by atoms with E-state index in [4.69, 9.17) is 0 Å². The van der Waals surface area contributed by atoms with Crippen LogP contribution in [-0.2, 0) is 9.59 Å². The molecule has 2 aliphatic rings. The number of carbonyl (C=O) groups excluding carboxylic acids is 2. The molecule has 0 bridgehead atoms. The van der Waals surface area contributed by atoms with Crippen LogP contribution in [0.3, 0.4) is 0 Å². The number of nitrogens with one attached hydrogen (secondary N) is 1. The Balaban J connectivity index is 1.61. The van der Waals surface area contributed by atoms with Gasteiger partial charge in [-0.15, -0.1) is 0 Å². The van der Waals surface area contributed by atoms with Gasteiger partial charge in [0.05, 0.1) is 5.92 Å². The van der Waals surface area contributed by atoms with Crippen LogP contribution in [0.4, 0.5) is 5.69 Å². The van der Waals surface area contributed by atoms with Crippen molar-refractivity contribution >= 4 is 17.5 Å². The highest BCUT2D eigenvalue weighted by molar-refractivity contribution is 5.97. The van der Waals surface area contributed by atoms with Crippen molar-refractivity contribution in [2.45, 2.75) is 58.4 Å². The highest BCUT2D eigenvalue weighted by Gasteiger charge is 2.38. The van der Waals surface area contributed by atoms with Gasteiger partial charge in [0.2, 0.25) is 11.8 Å². The number of benzene rings is 1. The van der Waals surface area contributed by atoms with Gasteiger partial charge in [-0.1, -0.05) is 25.3 Å². The molecule has 1 aromatic rings. The van der Waals surface area contributed by atoms with E-state index in [9.17, 15) is 9.59 Å². The van der Waals surface area contributed by atoms with Crippen LogP contribution in [0.25, 0.3) is 0 Å². The molecule has 23 heavy (non-hydrogen) atoms. The highest BCUT2D eigenvalue weighted by Crippen LogP contribution is 2.29. The zero-order valence-corrected chi connectivity index (χ0v) is 14.1. The largest absolute Gasteiger partial charge is 0.339 e. The van der Waals surface area contributed by atoms with Crippen LogP contribution in [-0.4, -0.2) is 29.3 Å². The van der Waals surface area contributed by atoms with E-state index in [0.29, 0.717) is 19.0 Å². The molecule has 1 heterocycles. The summed E-state index contributed by atoms with van der Waals surface area (Å²) in [5.41, 5.74) is 3.19. The van der Waals surface area contributed by atoms with Crippen LogP contribution in [0.15, 0.2) is 18.2 Å². The van der Waals surface area contributed by atoms with E-state index in [1.54, 1.807) is 0 Å². The molecule has 0 spiro atoms. The minimum absolute atomic E-state index is 0.0279. The van der Waals surface area contributed by atoms with Gasteiger partial charge in [-0.05, 0) is 49.9 Å². The van der Waals surface area contributed by atoms with Crippen molar-refractivity contribution in [1.29, 1.82) is 0 Å². The second kappa shape index (κ2) is 6.73. The summed E-state index contributed by atoms with van der Waals surface area (Å²) >= 11 is 0. The predicted molar refractivity (Wildman–Crippen MR) is 91.2 cm³/mol. The number of hydrogen-bond acceptors (Lipinski definition) is 2. The second-order valence-electron chi connectivity index (χ2n) is 7.03. The molecule has 0 aromatic heterocycles. The Morgan fingerprint density at radius 1 is 1.13 bits per heavy atom. The van der Waals surface area contributed by atoms with E-state index in [-0.39, 0.29) is 17.7 Å². The number of carbonyl (C=O) groups is 2. The Morgan fingerprint density at radius 2 is 1.87 bits per heavy atom. The molecule has 1 aliphatic heterocycles. The SMILES string of the molecule is Cc1ccc(NC(=O)[C@H]2CC(=O)N(C3CCCCC3)C2)cc1C. The van der Waals surface area contributed by atoms with Gasteiger partial charge in [-0.25, -0.2) is 0 Å². The summed E-state index contributed by atoms with van der Waals surface area (Å²) < 4.78 is 0. The number of rotatable bonds is 3. The molecule has 1 saturated carbocycles. The van der Waals surface area contributed by atoms with Crippen molar-refractivity contribution < 1.29 is 9.59 Å². The van der Waals surface area contributed by atoms with Crippen LogP contribution in [0.1, 0.15) is 49.7 Å². The normalized spacial score (nSPS) is 22.4. The third-order valence-electron chi connectivity index (χ3n) is 5.32. The van der Waals surface area contributed by atoms with E-state index < -0.39 is 0 Å². The first-order valence-corrected chi connectivity index (χ1v) is 8.72. The fourth-order valence-corrected chi connectivity index (χ4v) is 3.72. The Labute approximate surface area is 138 Å². The first-order valence-electron chi connectivity index (χ1n) is 8.72. The average molecular weight is 314 g/mol. The predicted octanol–water partition coefficient (Wildman–Crippen LogP) is 3.42. The maximum atomic E-state index is 12.5. The summed E-state index contributed by atoms with van der Waals surface area (Å²) in [6.07, 6.45) is 6.22. The molecule has 1 saturated heterocycles. The minimum atomic E-state index is -0.217. The van der Waals surface area contributed by atoms with Gasteiger partial charge in [-0.3, -0.25) is 9.59 Å². The molecule has 1 atom stereocenters.